The second-order valence-corrected chi connectivity index (χ2v) is 8.99. The van der Waals surface area contributed by atoms with Gasteiger partial charge < -0.3 is 9.47 Å². The van der Waals surface area contributed by atoms with Crippen molar-refractivity contribution in [2.24, 2.45) is 5.92 Å². The van der Waals surface area contributed by atoms with Gasteiger partial charge in [-0.15, -0.1) is 0 Å². The number of amides is 1. The zero-order valence-electron chi connectivity index (χ0n) is 17.2. The lowest BCUT2D eigenvalue weighted by molar-refractivity contribution is -0.137. The number of likely N-dealkylation sites (tertiary alicyclic amines) is 1. The number of halogens is 3. The van der Waals surface area contributed by atoms with Crippen LogP contribution in [0.1, 0.15) is 30.9 Å². The van der Waals surface area contributed by atoms with Gasteiger partial charge in [0, 0.05) is 13.1 Å². The molecule has 1 unspecified atom stereocenters. The molecule has 3 aromatic rings. The fourth-order valence-electron chi connectivity index (χ4n) is 3.95. The molecule has 8 heteroatoms. The third-order valence-corrected chi connectivity index (χ3v) is 6.52. The van der Waals surface area contributed by atoms with Crippen LogP contribution in [-0.4, -0.2) is 39.2 Å². The van der Waals surface area contributed by atoms with Gasteiger partial charge in [-0.05, 0) is 42.5 Å². The summed E-state index contributed by atoms with van der Waals surface area (Å²) in [7, 11) is 0. The first kappa shape index (κ1) is 21.7. The first-order chi connectivity index (χ1) is 14.8. The highest BCUT2D eigenvalue weighted by Crippen LogP contribution is 2.33. The number of piperidine rings is 1. The molecule has 1 aliphatic rings. The van der Waals surface area contributed by atoms with E-state index in [0.717, 1.165) is 43.6 Å². The number of rotatable bonds is 5. The minimum absolute atomic E-state index is 0.0471. The number of carbonyl (C=O) groups excluding carboxylic acids is 1. The number of thioether (sulfide) groups is 1. The van der Waals surface area contributed by atoms with Crippen molar-refractivity contribution in [1.82, 2.24) is 14.5 Å². The summed E-state index contributed by atoms with van der Waals surface area (Å²) in [5, 5.41) is 0.552. The molecule has 164 valence electrons. The van der Waals surface area contributed by atoms with E-state index >= 15 is 0 Å². The van der Waals surface area contributed by atoms with E-state index in [1.165, 1.54) is 17.8 Å². The maximum Gasteiger partial charge on any atom is 0.416 e. The lowest BCUT2D eigenvalue weighted by atomic mass is 10.0. The van der Waals surface area contributed by atoms with Gasteiger partial charge in [-0.2, -0.15) is 13.2 Å². The Morgan fingerprint density at radius 3 is 2.68 bits per heavy atom. The lowest BCUT2D eigenvalue weighted by Crippen LogP contribution is -2.40. The molecule has 0 radical (unpaired) electrons. The molecule has 0 aliphatic carbocycles. The van der Waals surface area contributed by atoms with Crippen LogP contribution in [0.2, 0.25) is 0 Å². The number of aromatic nitrogens is 2. The molecule has 1 aliphatic heterocycles. The third-order valence-electron chi connectivity index (χ3n) is 5.56. The van der Waals surface area contributed by atoms with E-state index in [1.807, 2.05) is 39.8 Å². The predicted molar refractivity (Wildman–Crippen MR) is 116 cm³/mol. The highest BCUT2D eigenvalue weighted by Gasteiger charge is 2.31. The Labute approximate surface area is 183 Å². The van der Waals surface area contributed by atoms with Crippen LogP contribution in [0.3, 0.4) is 0 Å². The molecule has 4 nitrogen and oxygen atoms in total. The van der Waals surface area contributed by atoms with Crippen LogP contribution < -0.4 is 0 Å². The van der Waals surface area contributed by atoms with Gasteiger partial charge in [0.15, 0.2) is 5.16 Å². The first-order valence-electron chi connectivity index (χ1n) is 10.3. The molecule has 1 aromatic heterocycles. The molecule has 0 bridgehead atoms. The number of alkyl halides is 3. The van der Waals surface area contributed by atoms with Crippen molar-refractivity contribution in [2.75, 3.05) is 18.8 Å². The monoisotopic (exact) mass is 447 g/mol. The molecule has 1 fully saturated rings. The molecule has 0 spiro atoms. The fourth-order valence-corrected chi connectivity index (χ4v) is 4.86. The van der Waals surface area contributed by atoms with Crippen LogP contribution in [-0.2, 0) is 17.5 Å². The van der Waals surface area contributed by atoms with E-state index in [1.54, 1.807) is 0 Å². The number of carbonyl (C=O) groups is 1. The van der Waals surface area contributed by atoms with Crippen LogP contribution in [0.5, 0.6) is 0 Å². The number of imidazole rings is 1. The fraction of sp³-hybridized carbons (Fsp3) is 0.391. The van der Waals surface area contributed by atoms with Crippen molar-refractivity contribution in [2.45, 2.75) is 37.6 Å². The number of benzene rings is 2. The van der Waals surface area contributed by atoms with Gasteiger partial charge in [0.25, 0.3) is 0 Å². The average Bonchev–Trinajstić information content (AvgIpc) is 3.09. The number of hydrogen-bond donors (Lipinski definition) is 0. The van der Waals surface area contributed by atoms with Crippen molar-refractivity contribution < 1.29 is 18.0 Å². The van der Waals surface area contributed by atoms with Gasteiger partial charge in [0.2, 0.25) is 5.91 Å². The normalized spacial score (nSPS) is 17.3. The summed E-state index contributed by atoms with van der Waals surface area (Å²) < 4.78 is 41.4. The predicted octanol–water partition coefficient (Wildman–Crippen LogP) is 5.45. The number of fused-ring (bicyclic) bond motifs is 1. The van der Waals surface area contributed by atoms with Crippen LogP contribution in [0, 0.1) is 5.92 Å². The molecule has 31 heavy (non-hydrogen) atoms. The van der Waals surface area contributed by atoms with E-state index < -0.39 is 11.7 Å². The van der Waals surface area contributed by atoms with Crippen LogP contribution in [0.4, 0.5) is 13.2 Å². The zero-order valence-corrected chi connectivity index (χ0v) is 18.0. The second kappa shape index (κ2) is 8.94. The summed E-state index contributed by atoms with van der Waals surface area (Å²) >= 11 is 1.29. The molecule has 2 aromatic carbocycles. The molecular formula is C23H24F3N3OS. The zero-order chi connectivity index (χ0) is 22.0. The SMILES string of the molecule is CC1CCCN(C(=O)CSc2nc3cc(C(F)(F)F)ccc3n2Cc2ccccc2)C1. The van der Waals surface area contributed by atoms with E-state index in [9.17, 15) is 18.0 Å². The summed E-state index contributed by atoms with van der Waals surface area (Å²) in [5.74, 6) is 0.758. The second-order valence-electron chi connectivity index (χ2n) is 8.04. The highest BCUT2D eigenvalue weighted by molar-refractivity contribution is 7.99. The molecule has 4 rings (SSSR count). The van der Waals surface area contributed by atoms with E-state index in [4.69, 9.17) is 0 Å². The third kappa shape index (κ3) is 5.06. The van der Waals surface area contributed by atoms with Gasteiger partial charge in [0.1, 0.15) is 0 Å². The quantitative estimate of drug-likeness (QED) is 0.488. The Morgan fingerprint density at radius 1 is 1.19 bits per heavy atom. The topological polar surface area (TPSA) is 38.1 Å². The van der Waals surface area contributed by atoms with E-state index in [0.29, 0.717) is 23.1 Å². The van der Waals surface area contributed by atoms with Crippen molar-refractivity contribution in [3.63, 3.8) is 0 Å². The van der Waals surface area contributed by atoms with Gasteiger partial charge in [-0.3, -0.25) is 4.79 Å². The van der Waals surface area contributed by atoms with Crippen LogP contribution in [0.25, 0.3) is 11.0 Å². The Hall–Kier alpha value is -2.48. The largest absolute Gasteiger partial charge is 0.416 e. The van der Waals surface area contributed by atoms with E-state index in [2.05, 4.69) is 11.9 Å². The first-order valence-corrected chi connectivity index (χ1v) is 11.3. The molecule has 2 heterocycles. The standard InChI is InChI=1S/C23H24F3N3OS/c1-16-6-5-11-28(13-16)21(30)15-31-22-27-19-12-18(23(24,25)26)9-10-20(19)29(22)14-17-7-3-2-4-8-17/h2-4,7-10,12,16H,5-6,11,13-15H2,1H3. The van der Waals surface area contributed by atoms with Gasteiger partial charge in [-0.1, -0.05) is 49.0 Å². The average molecular weight is 448 g/mol. The molecule has 1 saturated heterocycles. The minimum Gasteiger partial charge on any atom is -0.342 e. The molecule has 1 atom stereocenters. The van der Waals surface area contributed by atoms with Crippen molar-refractivity contribution in [1.29, 1.82) is 0 Å². The van der Waals surface area contributed by atoms with Crippen molar-refractivity contribution in [3.05, 3.63) is 59.7 Å². The van der Waals surface area contributed by atoms with Gasteiger partial charge in [0.05, 0.1) is 28.9 Å². The molecular weight excluding hydrogens is 423 g/mol. The van der Waals surface area contributed by atoms with Crippen LogP contribution in [0.15, 0.2) is 53.7 Å². The summed E-state index contributed by atoms with van der Waals surface area (Å²) in [6.07, 6.45) is -2.29. The number of hydrogen-bond acceptors (Lipinski definition) is 3. The minimum atomic E-state index is -4.42. The maximum atomic E-state index is 13.2. The highest BCUT2D eigenvalue weighted by atomic mass is 32.2. The molecule has 0 saturated carbocycles. The van der Waals surface area contributed by atoms with Crippen molar-refractivity contribution >= 4 is 28.7 Å². The Kier molecular flexibility index (Phi) is 6.27. The summed E-state index contributed by atoms with van der Waals surface area (Å²) in [5.41, 5.74) is 1.20. The summed E-state index contributed by atoms with van der Waals surface area (Å²) in [4.78, 5) is 19.1. The summed E-state index contributed by atoms with van der Waals surface area (Å²) in [6.45, 7) is 4.14. The van der Waals surface area contributed by atoms with Gasteiger partial charge in [-0.25, -0.2) is 4.98 Å². The van der Waals surface area contributed by atoms with Gasteiger partial charge >= 0.3 is 6.18 Å². The Balaban J connectivity index is 1.62. The maximum absolute atomic E-state index is 13.2. The van der Waals surface area contributed by atoms with Crippen LogP contribution >= 0.6 is 11.8 Å². The smallest absolute Gasteiger partial charge is 0.342 e. The Bertz CT molecular complexity index is 1070. The summed E-state index contributed by atoms with van der Waals surface area (Å²) in [6, 6.07) is 13.3. The number of nitrogens with zero attached hydrogens (tertiary/aromatic N) is 3. The molecule has 0 N–H and O–H groups in total. The molecule has 1 amide bonds. The Morgan fingerprint density at radius 2 is 1.97 bits per heavy atom. The lowest BCUT2D eigenvalue weighted by Gasteiger charge is -2.30. The van der Waals surface area contributed by atoms with E-state index in [-0.39, 0.29) is 17.2 Å². The van der Waals surface area contributed by atoms with Crippen molar-refractivity contribution in [3.8, 4) is 0 Å².